The summed E-state index contributed by atoms with van der Waals surface area (Å²) in [7, 11) is 3.25. The number of ether oxygens (including phenoxy) is 1. The van der Waals surface area contributed by atoms with Gasteiger partial charge in [0.05, 0.1) is 12.7 Å². The van der Waals surface area contributed by atoms with E-state index in [9.17, 15) is 14.7 Å². The van der Waals surface area contributed by atoms with Crippen LogP contribution in [0.25, 0.3) is 0 Å². The standard InChI is InChI=1S/C23H23N3O4S/c1-13-6-4-5-7-15(13)12-31-23-25-22(29)20-16(11-19(28)24-21(20)26(23)2)14-8-9-17(27)18(10-14)30-3/h4-10,16,27H,11-12H2,1-3H3,(H,24,28)/t16-/m0/s1. The van der Waals surface area contributed by atoms with Crippen molar-refractivity contribution in [3.05, 3.63) is 75.1 Å². The molecule has 8 heteroatoms. The number of nitrogens with one attached hydrogen (secondary N) is 1. The van der Waals surface area contributed by atoms with Gasteiger partial charge in [0.25, 0.3) is 5.56 Å². The number of anilines is 1. The van der Waals surface area contributed by atoms with Gasteiger partial charge >= 0.3 is 0 Å². The van der Waals surface area contributed by atoms with Crippen LogP contribution in [0.15, 0.2) is 52.4 Å². The predicted octanol–water partition coefficient (Wildman–Crippen LogP) is 3.57. The van der Waals surface area contributed by atoms with Crippen molar-refractivity contribution in [2.75, 3.05) is 12.4 Å². The summed E-state index contributed by atoms with van der Waals surface area (Å²) >= 11 is 1.46. The fourth-order valence-electron chi connectivity index (χ4n) is 3.77. The quantitative estimate of drug-likeness (QED) is 0.468. The van der Waals surface area contributed by atoms with Gasteiger partial charge in [-0.2, -0.15) is 4.98 Å². The average molecular weight is 438 g/mol. The lowest BCUT2D eigenvalue weighted by Crippen LogP contribution is -2.33. The SMILES string of the molecule is COc1cc([C@@H]2CC(=O)Nc3c2c(=O)nc(SCc2ccccc2C)n3C)ccc1O. The molecule has 0 spiro atoms. The number of phenols is 1. The first-order valence-corrected chi connectivity index (χ1v) is 10.8. The number of fused-ring (bicyclic) bond motifs is 1. The van der Waals surface area contributed by atoms with Crippen molar-refractivity contribution in [2.24, 2.45) is 7.05 Å². The van der Waals surface area contributed by atoms with Crippen LogP contribution in [0.1, 0.15) is 34.6 Å². The second-order valence-corrected chi connectivity index (χ2v) is 8.41. The van der Waals surface area contributed by atoms with Crippen LogP contribution in [0.2, 0.25) is 0 Å². The van der Waals surface area contributed by atoms with Crippen LogP contribution in [0, 0.1) is 6.92 Å². The monoisotopic (exact) mass is 437 g/mol. The number of phenolic OH excluding ortho intramolecular Hbond substituents is 1. The Bertz CT molecular complexity index is 1220. The molecule has 1 aliphatic rings. The van der Waals surface area contributed by atoms with E-state index < -0.39 is 5.92 Å². The molecule has 1 aliphatic heterocycles. The Kier molecular flexibility index (Phi) is 5.73. The summed E-state index contributed by atoms with van der Waals surface area (Å²) < 4.78 is 6.96. The molecular weight excluding hydrogens is 414 g/mol. The molecule has 4 rings (SSSR count). The third-order valence-electron chi connectivity index (χ3n) is 5.53. The van der Waals surface area contributed by atoms with Gasteiger partial charge in [-0.15, -0.1) is 0 Å². The van der Waals surface area contributed by atoms with Crippen LogP contribution >= 0.6 is 11.8 Å². The van der Waals surface area contributed by atoms with Crippen LogP contribution in [-0.4, -0.2) is 27.7 Å². The van der Waals surface area contributed by atoms with Crippen LogP contribution < -0.4 is 15.6 Å². The molecule has 2 aromatic carbocycles. The number of aryl methyl sites for hydroxylation is 1. The van der Waals surface area contributed by atoms with Crippen LogP contribution in [0.4, 0.5) is 5.82 Å². The van der Waals surface area contributed by atoms with Gasteiger partial charge < -0.3 is 19.7 Å². The molecule has 0 saturated carbocycles. The topological polar surface area (TPSA) is 93.5 Å². The largest absolute Gasteiger partial charge is 0.504 e. The smallest absolute Gasteiger partial charge is 0.279 e. The van der Waals surface area contributed by atoms with Gasteiger partial charge in [-0.1, -0.05) is 42.1 Å². The Morgan fingerprint density at radius 3 is 2.77 bits per heavy atom. The van der Waals surface area contributed by atoms with Crippen LogP contribution in [0.5, 0.6) is 11.5 Å². The maximum Gasteiger partial charge on any atom is 0.279 e. The molecule has 0 aliphatic carbocycles. The van der Waals surface area contributed by atoms with E-state index in [-0.39, 0.29) is 23.6 Å². The Labute approximate surface area is 184 Å². The van der Waals surface area contributed by atoms with Gasteiger partial charge in [-0.25, -0.2) is 0 Å². The van der Waals surface area contributed by atoms with E-state index in [1.165, 1.54) is 30.5 Å². The number of amides is 1. The van der Waals surface area contributed by atoms with E-state index in [1.54, 1.807) is 23.7 Å². The van der Waals surface area contributed by atoms with Crippen molar-refractivity contribution >= 4 is 23.5 Å². The number of thioether (sulfide) groups is 1. The lowest BCUT2D eigenvalue weighted by Gasteiger charge is -2.27. The fourth-order valence-corrected chi connectivity index (χ4v) is 4.82. The minimum Gasteiger partial charge on any atom is -0.504 e. The highest BCUT2D eigenvalue weighted by Crippen LogP contribution is 2.39. The number of carbonyl (C=O) groups is 1. The van der Waals surface area contributed by atoms with E-state index in [0.717, 1.165) is 5.56 Å². The number of benzene rings is 2. The third-order valence-corrected chi connectivity index (χ3v) is 6.60. The first kappa shape index (κ1) is 21.0. The Balaban J connectivity index is 1.74. The summed E-state index contributed by atoms with van der Waals surface area (Å²) in [5.74, 6) is 0.764. The summed E-state index contributed by atoms with van der Waals surface area (Å²) in [5, 5.41) is 13.3. The summed E-state index contributed by atoms with van der Waals surface area (Å²) in [5.41, 5.74) is 3.13. The molecule has 7 nitrogen and oxygen atoms in total. The van der Waals surface area contributed by atoms with Gasteiger partial charge in [-0.05, 0) is 35.7 Å². The molecule has 2 N–H and O–H groups in total. The normalized spacial score (nSPS) is 15.3. The lowest BCUT2D eigenvalue weighted by molar-refractivity contribution is -0.116. The minimum atomic E-state index is -0.472. The lowest BCUT2D eigenvalue weighted by atomic mass is 9.86. The molecule has 2 heterocycles. The van der Waals surface area contributed by atoms with Crippen molar-refractivity contribution in [2.45, 2.75) is 30.2 Å². The van der Waals surface area contributed by atoms with E-state index >= 15 is 0 Å². The summed E-state index contributed by atoms with van der Waals surface area (Å²) in [6, 6.07) is 12.9. The van der Waals surface area contributed by atoms with Crippen LogP contribution in [0.3, 0.4) is 0 Å². The summed E-state index contributed by atoms with van der Waals surface area (Å²) in [6.45, 7) is 2.05. The molecule has 1 atom stereocenters. The maximum absolute atomic E-state index is 13.1. The van der Waals surface area contributed by atoms with E-state index in [0.29, 0.717) is 33.6 Å². The van der Waals surface area contributed by atoms with Gasteiger partial charge in [-0.3, -0.25) is 9.59 Å². The zero-order valence-corrected chi connectivity index (χ0v) is 18.3. The Hall–Kier alpha value is -3.26. The van der Waals surface area contributed by atoms with E-state index in [4.69, 9.17) is 4.74 Å². The highest BCUT2D eigenvalue weighted by molar-refractivity contribution is 7.98. The molecule has 31 heavy (non-hydrogen) atoms. The van der Waals surface area contributed by atoms with Crippen molar-refractivity contribution in [1.82, 2.24) is 9.55 Å². The third kappa shape index (κ3) is 4.03. The van der Waals surface area contributed by atoms with Crippen molar-refractivity contribution in [1.29, 1.82) is 0 Å². The number of hydrogen-bond donors (Lipinski definition) is 2. The van der Waals surface area contributed by atoms with Crippen LogP contribution in [-0.2, 0) is 17.6 Å². The number of methoxy groups -OCH3 is 1. The van der Waals surface area contributed by atoms with E-state index in [2.05, 4.69) is 16.4 Å². The van der Waals surface area contributed by atoms with Gasteiger partial charge in [0.15, 0.2) is 16.7 Å². The second kappa shape index (κ2) is 8.47. The number of aromatic hydroxyl groups is 1. The van der Waals surface area contributed by atoms with Gasteiger partial charge in [0.1, 0.15) is 5.82 Å². The molecule has 0 unspecified atom stereocenters. The number of hydrogen-bond acceptors (Lipinski definition) is 6. The molecular formula is C23H23N3O4S. The van der Waals surface area contributed by atoms with Crippen molar-refractivity contribution in [3.8, 4) is 11.5 Å². The molecule has 0 bridgehead atoms. The highest BCUT2D eigenvalue weighted by atomic mass is 32.2. The Morgan fingerprint density at radius 1 is 1.26 bits per heavy atom. The average Bonchev–Trinajstić information content (AvgIpc) is 2.76. The fraction of sp³-hybridized carbons (Fsp3) is 0.261. The zero-order chi connectivity index (χ0) is 22.1. The molecule has 160 valence electrons. The minimum absolute atomic E-state index is 0.000662. The van der Waals surface area contributed by atoms with E-state index in [1.807, 2.05) is 25.1 Å². The molecule has 0 saturated heterocycles. The number of nitrogens with zero attached hydrogens (tertiary/aromatic N) is 2. The molecule has 1 aromatic heterocycles. The molecule has 0 radical (unpaired) electrons. The number of rotatable bonds is 5. The second-order valence-electron chi connectivity index (χ2n) is 7.47. The first-order chi connectivity index (χ1) is 14.9. The molecule has 1 amide bonds. The summed E-state index contributed by atoms with van der Waals surface area (Å²) in [4.78, 5) is 29.9. The molecule has 0 fully saturated rings. The van der Waals surface area contributed by atoms with Gasteiger partial charge in [0, 0.05) is 25.1 Å². The Morgan fingerprint density at radius 2 is 2.03 bits per heavy atom. The number of aromatic nitrogens is 2. The van der Waals surface area contributed by atoms with Crippen molar-refractivity contribution in [3.63, 3.8) is 0 Å². The zero-order valence-electron chi connectivity index (χ0n) is 17.5. The molecule has 3 aromatic rings. The predicted molar refractivity (Wildman–Crippen MR) is 120 cm³/mol. The summed E-state index contributed by atoms with van der Waals surface area (Å²) in [6.07, 6.45) is 0.119. The first-order valence-electron chi connectivity index (χ1n) is 9.84. The number of carbonyl (C=O) groups excluding carboxylic acids is 1. The van der Waals surface area contributed by atoms with Gasteiger partial charge in [0.2, 0.25) is 5.91 Å². The van der Waals surface area contributed by atoms with Crippen molar-refractivity contribution < 1.29 is 14.6 Å². The highest BCUT2D eigenvalue weighted by Gasteiger charge is 2.32. The maximum atomic E-state index is 13.1.